The van der Waals surface area contributed by atoms with E-state index in [0.29, 0.717) is 0 Å². The minimum Gasteiger partial charge on any atom is -0.356 e. The van der Waals surface area contributed by atoms with Crippen LogP contribution in [0.5, 0.6) is 0 Å². The van der Waals surface area contributed by atoms with Crippen LogP contribution in [0.4, 0.5) is 0 Å². The van der Waals surface area contributed by atoms with Crippen LogP contribution in [-0.2, 0) is 19.3 Å². The van der Waals surface area contributed by atoms with E-state index >= 15 is 0 Å². The van der Waals surface area contributed by atoms with E-state index in [-0.39, 0.29) is 0 Å². The summed E-state index contributed by atoms with van der Waals surface area (Å²) in [5.74, 6) is 0.825. The number of nitrogens with one attached hydrogen (secondary N) is 2. The normalized spacial score (nSPS) is 11.5. The molecule has 1 aromatic heterocycles. The monoisotopic (exact) mass is 350 g/mol. The fourth-order valence-corrected chi connectivity index (χ4v) is 3.10. The zero-order valence-electron chi connectivity index (χ0n) is 13.6. The second-order valence-corrected chi connectivity index (χ2v) is 6.76. The van der Waals surface area contributed by atoms with Gasteiger partial charge < -0.3 is 10.6 Å². The molecular formula is C17H23ClN4S. The van der Waals surface area contributed by atoms with Gasteiger partial charge in [-0.2, -0.15) is 0 Å². The number of aliphatic imine (C=N–C) groups is 1. The molecule has 0 aliphatic rings. The van der Waals surface area contributed by atoms with Crippen LogP contribution in [-0.4, -0.2) is 31.1 Å². The molecule has 2 aromatic rings. The minimum absolute atomic E-state index is 0.771. The molecule has 1 heterocycles. The average Bonchev–Trinajstić information content (AvgIpc) is 3.03. The van der Waals surface area contributed by atoms with Gasteiger partial charge in [0, 0.05) is 42.7 Å². The fourth-order valence-electron chi connectivity index (χ4n) is 2.11. The highest BCUT2D eigenvalue weighted by Gasteiger charge is 2.02. The van der Waals surface area contributed by atoms with Crippen LogP contribution in [0, 0.1) is 0 Å². The molecule has 0 spiro atoms. The first kappa shape index (κ1) is 17.8. The molecule has 0 atom stereocenters. The Morgan fingerprint density at radius 2 is 1.87 bits per heavy atom. The molecule has 2 N–H and O–H groups in total. The van der Waals surface area contributed by atoms with Gasteiger partial charge in [0.05, 0.1) is 5.01 Å². The molecule has 6 heteroatoms. The van der Waals surface area contributed by atoms with E-state index in [0.717, 1.165) is 43.3 Å². The second-order valence-electron chi connectivity index (χ2n) is 5.13. The van der Waals surface area contributed by atoms with Gasteiger partial charge in [-0.15, -0.1) is 11.3 Å². The molecule has 0 aliphatic carbocycles. The van der Waals surface area contributed by atoms with Crippen molar-refractivity contribution in [2.45, 2.75) is 26.2 Å². The molecule has 0 radical (unpaired) electrons. The number of benzene rings is 1. The van der Waals surface area contributed by atoms with Gasteiger partial charge in [-0.25, -0.2) is 4.98 Å². The van der Waals surface area contributed by atoms with Crippen LogP contribution < -0.4 is 10.6 Å². The molecule has 124 valence electrons. The van der Waals surface area contributed by atoms with Crippen LogP contribution >= 0.6 is 22.9 Å². The van der Waals surface area contributed by atoms with Crippen LogP contribution in [0.15, 0.2) is 35.5 Å². The predicted molar refractivity (Wildman–Crippen MR) is 99.7 cm³/mol. The summed E-state index contributed by atoms with van der Waals surface area (Å²) in [5.41, 5.74) is 1.26. The first-order valence-corrected chi connectivity index (χ1v) is 9.03. The van der Waals surface area contributed by atoms with Crippen molar-refractivity contribution in [2.24, 2.45) is 4.99 Å². The maximum Gasteiger partial charge on any atom is 0.191 e. The van der Waals surface area contributed by atoms with Crippen molar-refractivity contribution >= 4 is 28.9 Å². The summed E-state index contributed by atoms with van der Waals surface area (Å²) < 4.78 is 0. The third kappa shape index (κ3) is 6.20. The molecule has 1 aromatic carbocycles. The molecule has 23 heavy (non-hydrogen) atoms. The first-order chi connectivity index (χ1) is 11.2. The lowest BCUT2D eigenvalue weighted by Crippen LogP contribution is -2.39. The van der Waals surface area contributed by atoms with Crippen molar-refractivity contribution in [2.75, 3.05) is 20.1 Å². The molecule has 0 aliphatic heterocycles. The summed E-state index contributed by atoms with van der Waals surface area (Å²) in [6.45, 7) is 3.82. The fraction of sp³-hybridized carbons (Fsp3) is 0.412. The molecular weight excluding hydrogens is 328 g/mol. The number of thiazole rings is 1. The smallest absolute Gasteiger partial charge is 0.191 e. The van der Waals surface area contributed by atoms with Crippen molar-refractivity contribution in [1.29, 1.82) is 0 Å². The van der Waals surface area contributed by atoms with Gasteiger partial charge in [0.1, 0.15) is 0 Å². The lowest BCUT2D eigenvalue weighted by molar-refractivity contribution is 0.782. The highest BCUT2D eigenvalue weighted by molar-refractivity contribution is 7.11. The summed E-state index contributed by atoms with van der Waals surface area (Å²) in [4.78, 5) is 10.0. The Balaban J connectivity index is 1.67. The van der Waals surface area contributed by atoms with Gasteiger partial charge in [-0.1, -0.05) is 30.7 Å². The Hall–Kier alpha value is -1.59. The largest absolute Gasteiger partial charge is 0.356 e. The third-order valence-electron chi connectivity index (χ3n) is 3.42. The van der Waals surface area contributed by atoms with E-state index in [4.69, 9.17) is 11.6 Å². The van der Waals surface area contributed by atoms with E-state index in [1.165, 1.54) is 15.4 Å². The Bertz CT molecular complexity index is 622. The van der Waals surface area contributed by atoms with E-state index in [9.17, 15) is 0 Å². The van der Waals surface area contributed by atoms with Crippen molar-refractivity contribution in [3.63, 3.8) is 0 Å². The molecule has 2 rings (SSSR count). The second kappa shape index (κ2) is 9.53. The lowest BCUT2D eigenvalue weighted by atomic mass is 10.1. The number of aryl methyl sites for hydroxylation is 1. The van der Waals surface area contributed by atoms with Crippen LogP contribution in [0.2, 0.25) is 5.02 Å². The van der Waals surface area contributed by atoms with E-state index < -0.39 is 0 Å². The zero-order valence-corrected chi connectivity index (χ0v) is 15.2. The number of rotatable bonds is 7. The number of guanidine groups is 1. The molecule has 0 fully saturated rings. The van der Waals surface area contributed by atoms with Gasteiger partial charge >= 0.3 is 0 Å². The van der Waals surface area contributed by atoms with E-state index in [1.807, 2.05) is 30.5 Å². The van der Waals surface area contributed by atoms with Gasteiger partial charge in [-0.05, 0) is 30.5 Å². The van der Waals surface area contributed by atoms with Crippen LogP contribution in [0.25, 0.3) is 0 Å². The quantitative estimate of drug-likeness (QED) is 0.595. The van der Waals surface area contributed by atoms with E-state index in [1.54, 1.807) is 18.4 Å². The van der Waals surface area contributed by atoms with Gasteiger partial charge in [0.25, 0.3) is 0 Å². The van der Waals surface area contributed by atoms with Crippen molar-refractivity contribution in [3.8, 4) is 0 Å². The maximum absolute atomic E-state index is 5.89. The maximum atomic E-state index is 5.89. The van der Waals surface area contributed by atoms with Gasteiger partial charge in [0.2, 0.25) is 0 Å². The highest BCUT2D eigenvalue weighted by atomic mass is 35.5. The topological polar surface area (TPSA) is 49.3 Å². The summed E-state index contributed by atoms with van der Waals surface area (Å²) in [7, 11) is 1.79. The number of aromatic nitrogens is 1. The van der Waals surface area contributed by atoms with Crippen LogP contribution in [0.3, 0.4) is 0 Å². The Labute approximate surface area is 147 Å². The Kier molecular flexibility index (Phi) is 7.36. The standard InChI is InChI=1S/C17H23ClN4S/c1-3-15-12-22-16(23-15)9-11-21-17(19-2)20-10-8-13-4-6-14(18)7-5-13/h4-7,12H,3,8-11H2,1-2H3,(H2,19,20,21). The molecule has 0 bridgehead atoms. The average molecular weight is 351 g/mol. The molecule has 0 unspecified atom stereocenters. The van der Waals surface area contributed by atoms with E-state index in [2.05, 4.69) is 27.5 Å². The molecule has 4 nitrogen and oxygen atoms in total. The predicted octanol–water partition coefficient (Wildman–Crippen LogP) is 3.31. The van der Waals surface area contributed by atoms with Crippen molar-refractivity contribution in [1.82, 2.24) is 15.6 Å². The first-order valence-electron chi connectivity index (χ1n) is 7.83. The SMILES string of the molecule is CCc1cnc(CCNC(=NC)NCCc2ccc(Cl)cc2)s1. The molecule has 0 amide bonds. The number of hydrogen-bond acceptors (Lipinski definition) is 3. The van der Waals surface area contributed by atoms with Gasteiger partial charge in [0.15, 0.2) is 5.96 Å². The summed E-state index contributed by atoms with van der Waals surface area (Å²) in [6, 6.07) is 7.94. The number of halogens is 1. The highest BCUT2D eigenvalue weighted by Crippen LogP contribution is 2.13. The van der Waals surface area contributed by atoms with Crippen molar-refractivity contribution in [3.05, 3.63) is 50.9 Å². The Morgan fingerprint density at radius 3 is 2.48 bits per heavy atom. The molecule has 0 saturated carbocycles. The van der Waals surface area contributed by atoms with Gasteiger partial charge in [-0.3, -0.25) is 4.99 Å². The number of nitrogens with zero attached hydrogens (tertiary/aromatic N) is 2. The summed E-state index contributed by atoms with van der Waals surface area (Å²) >= 11 is 7.67. The summed E-state index contributed by atoms with van der Waals surface area (Å²) in [6.07, 6.45) is 4.88. The van der Waals surface area contributed by atoms with Crippen molar-refractivity contribution < 1.29 is 0 Å². The lowest BCUT2D eigenvalue weighted by Gasteiger charge is -2.11. The minimum atomic E-state index is 0.771. The third-order valence-corrected chi connectivity index (χ3v) is 4.88. The Morgan fingerprint density at radius 1 is 1.17 bits per heavy atom. The summed E-state index contributed by atoms with van der Waals surface area (Å²) in [5, 5.41) is 8.59. The zero-order chi connectivity index (χ0) is 16.5. The number of hydrogen-bond donors (Lipinski definition) is 2. The molecule has 0 saturated heterocycles. The van der Waals surface area contributed by atoms with Crippen LogP contribution in [0.1, 0.15) is 22.4 Å².